The molecule has 0 aliphatic rings. The molecule has 1 heterocycles. The summed E-state index contributed by atoms with van der Waals surface area (Å²) in [5.74, 6) is -1.42. The molecule has 0 unspecified atom stereocenters. The zero-order valence-corrected chi connectivity index (χ0v) is 15.0. The lowest BCUT2D eigenvalue weighted by molar-refractivity contribution is 0.0698. The number of hydrogen-bond acceptors (Lipinski definition) is 3. The highest BCUT2D eigenvalue weighted by Crippen LogP contribution is 2.27. The van der Waals surface area contributed by atoms with Gasteiger partial charge in [-0.15, -0.1) is 11.3 Å². The van der Waals surface area contributed by atoms with Gasteiger partial charge in [0, 0.05) is 10.3 Å². The Morgan fingerprint density at radius 3 is 2.44 bits per heavy atom. The van der Waals surface area contributed by atoms with Crippen LogP contribution in [0, 0.1) is 0 Å². The molecule has 0 aliphatic heterocycles. The van der Waals surface area contributed by atoms with Crippen molar-refractivity contribution in [3.05, 3.63) is 89.3 Å². The van der Waals surface area contributed by atoms with Crippen LogP contribution in [0.3, 0.4) is 0 Å². The van der Waals surface area contributed by atoms with Gasteiger partial charge in [-0.2, -0.15) is 0 Å². The molecule has 0 spiro atoms. The van der Waals surface area contributed by atoms with Crippen molar-refractivity contribution in [1.29, 1.82) is 0 Å². The minimum absolute atomic E-state index is 0.0552. The molecule has 3 aromatic carbocycles. The standard InChI is InChI=1S/C22H15NO3S/c24-21(17-7-9-20-16(12-17)10-11-27-20)23-19-13-15(6-8-18(19)22(25)26)14-4-2-1-3-5-14/h1-13H,(H,23,24)(H,25,26). The van der Waals surface area contributed by atoms with Crippen LogP contribution in [0.25, 0.3) is 21.2 Å². The quantitative estimate of drug-likeness (QED) is 0.495. The first-order valence-electron chi connectivity index (χ1n) is 8.33. The van der Waals surface area contributed by atoms with Gasteiger partial charge in [-0.3, -0.25) is 4.79 Å². The molecular formula is C22H15NO3S. The van der Waals surface area contributed by atoms with Gasteiger partial charge < -0.3 is 10.4 Å². The third-order valence-corrected chi connectivity index (χ3v) is 5.22. The van der Waals surface area contributed by atoms with E-state index in [0.29, 0.717) is 5.56 Å². The smallest absolute Gasteiger partial charge is 0.337 e. The normalized spacial score (nSPS) is 10.7. The maximum atomic E-state index is 12.7. The molecule has 5 heteroatoms. The molecule has 0 radical (unpaired) electrons. The SMILES string of the molecule is O=C(Nc1cc(-c2ccccc2)ccc1C(=O)O)c1ccc2sccc2c1. The van der Waals surface area contributed by atoms with Crippen molar-refractivity contribution >= 4 is 39.0 Å². The number of rotatable bonds is 4. The predicted octanol–water partition coefficient (Wildman–Crippen LogP) is 5.52. The average Bonchev–Trinajstić information content (AvgIpc) is 3.16. The number of anilines is 1. The number of thiophene rings is 1. The molecule has 4 nitrogen and oxygen atoms in total. The summed E-state index contributed by atoms with van der Waals surface area (Å²) >= 11 is 1.61. The molecule has 4 aromatic rings. The number of carbonyl (C=O) groups is 2. The molecule has 4 rings (SSSR count). The summed E-state index contributed by atoms with van der Waals surface area (Å²) in [6, 6.07) is 22.0. The van der Waals surface area contributed by atoms with Gasteiger partial charge in [-0.25, -0.2) is 4.79 Å². The van der Waals surface area contributed by atoms with Crippen LogP contribution in [0.4, 0.5) is 5.69 Å². The lowest BCUT2D eigenvalue weighted by Gasteiger charge is -2.11. The van der Waals surface area contributed by atoms with Crippen molar-refractivity contribution in [2.45, 2.75) is 0 Å². The van der Waals surface area contributed by atoms with E-state index < -0.39 is 5.97 Å². The van der Waals surface area contributed by atoms with E-state index in [0.717, 1.165) is 21.2 Å². The number of carbonyl (C=O) groups excluding carboxylic acids is 1. The van der Waals surface area contributed by atoms with Crippen LogP contribution in [-0.2, 0) is 0 Å². The van der Waals surface area contributed by atoms with Crippen LogP contribution >= 0.6 is 11.3 Å². The zero-order chi connectivity index (χ0) is 18.8. The average molecular weight is 373 g/mol. The summed E-state index contributed by atoms with van der Waals surface area (Å²) in [7, 11) is 0. The van der Waals surface area contributed by atoms with Gasteiger partial charge >= 0.3 is 5.97 Å². The van der Waals surface area contributed by atoms with Crippen LogP contribution in [0.2, 0.25) is 0 Å². The number of amides is 1. The van der Waals surface area contributed by atoms with Crippen molar-refractivity contribution in [2.24, 2.45) is 0 Å². The third-order valence-electron chi connectivity index (χ3n) is 4.32. The Morgan fingerprint density at radius 2 is 1.67 bits per heavy atom. The maximum absolute atomic E-state index is 12.7. The highest BCUT2D eigenvalue weighted by molar-refractivity contribution is 7.17. The van der Waals surface area contributed by atoms with Crippen LogP contribution < -0.4 is 5.32 Å². The minimum atomic E-state index is -1.09. The van der Waals surface area contributed by atoms with Crippen molar-refractivity contribution in [2.75, 3.05) is 5.32 Å². The number of carboxylic acid groups (broad SMARTS) is 1. The number of hydrogen-bond donors (Lipinski definition) is 2. The molecular weight excluding hydrogens is 358 g/mol. The van der Waals surface area contributed by atoms with Gasteiger partial charge in [-0.05, 0) is 58.3 Å². The van der Waals surface area contributed by atoms with E-state index >= 15 is 0 Å². The molecule has 132 valence electrons. The van der Waals surface area contributed by atoms with Gasteiger partial charge in [-0.1, -0.05) is 36.4 Å². The van der Waals surface area contributed by atoms with E-state index in [2.05, 4.69) is 5.32 Å². The Balaban J connectivity index is 1.70. The van der Waals surface area contributed by atoms with Crippen LogP contribution in [-0.4, -0.2) is 17.0 Å². The number of aromatic carboxylic acids is 1. The fourth-order valence-corrected chi connectivity index (χ4v) is 3.72. The van der Waals surface area contributed by atoms with Crippen molar-refractivity contribution in [3.63, 3.8) is 0 Å². The van der Waals surface area contributed by atoms with Crippen molar-refractivity contribution < 1.29 is 14.7 Å². The lowest BCUT2D eigenvalue weighted by Crippen LogP contribution is -2.14. The maximum Gasteiger partial charge on any atom is 0.337 e. The third kappa shape index (κ3) is 3.45. The molecule has 27 heavy (non-hydrogen) atoms. The first kappa shape index (κ1) is 17.0. The molecule has 1 aromatic heterocycles. The summed E-state index contributed by atoms with van der Waals surface area (Å²) in [5.41, 5.74) is 2.61. The molecule has 1 amide bonds. The molecule has 0 saturated heterocycles. The largest absolute Gasteiger partial charge is 0.478 e. The minimum Gasteiger partial charge on any atom is -0.478 e. The number of carboxylic acids is 1. The topological polar surface area (TPSA) is 66.4 Å². The Bertz CT molecular complexity index is 1150. The first-order chi connectivity index (χ1) is 13.1. The summed E-state index contributed by atoms with van der Waals surface area (Å²) < 4.78 is 1.10. The summed E-state index contributed by atoms with van der Waals surface area (Å²) in [4.78, 5) is 24.3. The molecule has 0 fully saturated rings. The highest BCUT2D eigenvalue weighted by atomic mass is 32.1. The zero-order valence-electron chi connectivity index (χ0n) is 14.2. The van der Waals surface area contributed by atoms with Gasteiger partial charge in [0.25, 0.3) is 5.91 Å². The van der Waals surface area contributed by atoms with Crippen LogP contribution in [0.1, 0.15) is 20.7 Å². The molecule has 0 atom stereocenters. The van der Waals surface area contributed by atoms with Gasteiger partial charge in [0.2, 0.25) is 0 Å². The van der Waals surface area contributed by atoms with E-state index in [1.807, 2.05) is 53.9 Å². The number of fused-ring (bicyclic) bond motifs is 1. The monoisotopic (exact) mass is 373 g/mol. The van der Waals surface area contributed by atoms with Crippen molar-refractivity contribution in [3.8, 4) is 11.1 Å². The van der Waals surface area contributed by atoms with Crippen molar-refractivity contribution in [1.82, 2.24) is 0 Å². The predicted molar refractivity (Wildman–Crippen MR) is 109 cm³/mol. The second-order valence-electron chi connectivity index (χ2n) is 6.06. The molecule has 2 N–H and O–H groups in total. The van der Waals surface area contributed by atoms with Crippen LogP contribution in [0.15, 0.2) is 78.2 Å². The molecule has 0 saturated carbocycles. The second kappa shape index (κ2) is 7.05. The van der Waals surface area contributed by atoms with Crippen LogP contribution in [0.5, 0.6) is 0 Å². The fourth-order valence-electron chi connectivity index (χ4n) is 2.95. The Hall–Kier alpha value is -3.44. The highest BCUT2D eigenvalue weighted by Gasteiger charge is 2.15. The molecule has 0 aliphatic carbocycles. The first-order valence-corrected chi connectivity index (χ1v) is 9.21. The van der Waals surface area contributed by atoms with Gasteiger partial charge in [0.15, 0.2) is 0 Å². The summed E-state index contributed by atoms with van der Waals surface area (Å²) in [5, 5.41) is 15.2. The molecule has 0 bridgehead atoms. The Morgan fingerprint density at radius 1 is 0.852 bits per heavy atom. The van der Waals surface area contributed by atoms with E-state index in [1.54, 1.807) is 29.5 Å². The van der Waals surface area contributed by atoms with Gasteiger partial charge in [0.05, 0.1) is 11.3 Å². The van der Waals surface area contributed by atoms with E-state index in [9.17, 15) is 14.7 Å². The fraction of sp³-hybridized carbons (Fsp3) is 0. The number of benzene rings is 3. The second-order valence-corrected chi connectivity index (χ2v) is 7.01. The Labute approximate surface area is 159 Å². The van der Waals surface area contributed by atoms with E-state index in [-0.39, 0.29) is 17.2 Å². The summed E-state index contributed by atoms with van der Waals surface area (Å²) in [6.45, 7) is 0. The van der Waals surface area contributed by atoms with E-state index in [1.165, 1.54) is 6.07 Å². The van der Waals surface area contributed by atoms with Gasteiger partial charge in [0.1, 0.15) is 0 Å². The van der Waals surface area contributed by atoms with E-state index in [4.69, 9.17) is 0 Å². The summed E-state index contributed by atoms with van der Waals surface area (Å²) in [6.07, 6.45) is 0. The number of nitrogens with one attached hydrogen (secondary N) is 1. The lowest BCUT2D eigenvalue weighted by atomic mass is 10.0. The Kier molecular flexibility index (Phi) is 4.44.